The minimum Gasteiger partial charge on any atom is -0.347 e. The summed E-state index contributed by atoms with van der Waals surface area (Å²) in [6.45, 7) is 16.9. The van der Waals surface area contributed by atoms with Gasteiger partial charge < -0.3 is 9.80 Å². The standard InChI is InChI=1S/C20H27F2N3.C8H16/c1-6-24-16(3)25(15(2)20(24)11-13-23(5)14-12-20)18-9-7-17(8-10-18)19(4,21)22;1-2-8-6-4-3-5-7-8/h7-10H,2-3,6,11-14H2,1,4-5H3;8H,2-7H2,1H3. The van der Waals surface area contributed by atoms with Crippen LogP contribution in [-0.2, 0) is 5.92 Å². The molecule has 0 unspecified atom stereocenters. The lowest BCUT2D eigenvalue weighted by Crippen LogP contribution is -2.51. The number of hydrogen-bond donors (Lipinski definition) is 0. The lowest BCUT2D eigenvalue weighted by Gasteiger charge is -2.44. The first-order valence-corrected chi connectivity index (χ1v) is 12.8. The van der Waals surface area contributed by atoms with Crippen LogP contribution in [0.25, 0.3) is 0 Å². The van der Waals surface area contributed by atoms with E-state index in [0.29, 0.717) is 0 Å². The zero-order valence-electron chi connectivity index (χ0n) is 21.2. The molecule has 3 fully saturated rings. The summed E-state index contributed by atoms with van der Waals surface area (Å²) in [4.78, 5) is 6.69. The summed E-state index contributed by atoms with van der Waals surface area (Å²) in [6, 6.07) is 6.47. The van der Waals surface area contributed by atoms with Gasteiger partial charge in [0.15, 0.2) is 0 Å². The highest BCUT2D eigenvalue weighted by Gasteiger charge is 2.50. The molecule has 0 bridgehead atoms. The van der Waals surface area contributed by atoms with Crippen LogP contribution in [-0.4, -0.2) is 42.0 Å². The van der Waals surface area contributed by atoms with Crippen molar-refractivity contribution >= 4 is 5.69 Å². The minimum atomic E-state index is -2.83. The van der Waals surface area contributed by atoms with Gasteiger partial charge in [-0.05, 0) is 44.9 Å². The second kappa shape index (κ2) is 10.6. The Morgan fingerprint density at radius 2 is 1.58 bits per heavy atom. The second-order valence-electron chi connectivity index (χ2n) is 10.1. The van der Waals surface area contributed by atoms with Gasteiger partial charge >= 0.3 is 0 Å². The first-order valence-electron chi connectivity index (χ1n) is 12.8. The van der Waals surface area contributed by atoms with Crippen molar-refractivity contribution in [3.63, 3.8) is 0 Å². The molecule has 0 radical (unpaired) electrons. The molecule has 0 atom stereocenters. The monoisotopic (exact) mass is 459 g/mol. The van der Waals surface area contributed by atoms with Crippen molar-refractivity contribution in [2.24, 2.45) is 5.92 Å². The van der Waals surface area contributed by atoms with Crippen molar-refractivity contribution < 1.29 is 8.78 Å². The van der Waals surface area contributed by atoms with Gasteiger partial charge in [-0.15, -0.1) is 0 Å². The number of likely N-dealkylation sites (N-methyl/N-ethyl adjacent to an activating group) is 1. The summed E-state index contributed by atoms with van der Waals surface area (Å²) >= 11 is 0. The maximum Gasteiger partial charge on any atom is 0.270 e. The van der Waals surface area contributed by atoms with E-state index >= 15 is 0 Å². The third-order valence-corrected chi connectivity index (χ3v) is 7.96. The molecule has 3 aliphatic rings. The Balaban J connectivity index is 0.000000323. The van der Waals surface area contributed by atoms with E-state index in [9.17, 15) is 8.78 Å². The quantitative estimate of drug-likeness (QED) is 0.465. The Kier molecular flexibility index (Phi) is 8.26. The van der Waals surface area contributed by atoms with E-state index in [-0.39, 0.29) is 11.1 Å². The van der Waals surface area contributed by atoms with Gasteiger partial charge in [0.2, 0.25) is 0 Å². The third kappa shape index (κ3) is 5.45. The molecule has 184 valence electrons. The summed E-state index contributed by atoms with van der Waals surface area (Å²) < 4.78 is 27.0. The molecule has 1 aliphatic carbocycles. The van der Waals surface area contributed by atoms with Crippen LogP contribution in [0.2, 0.25) is 0 Å². The zero-order chi connectivity index (χ0) is 24.2. The van der Waals surface area contributed by atoms with Crippen molar-refractivity contribution in [2.75, 3.05) is 31.6 Å². The van der Waals surface area contributed by atoms with E-state index in [4.69, 9.17) is 0 Å². The van der Waals surface area contributed by atoms with Crippen LogP contribution < -0.4 is 4.90 Å². The van der Waals surface area contributed by atoms with Gasteiger partial charge in [0.1, 0.15) is 5.82 Å². The molecule has 4 rings (SSSR count). The van der Waals surface area contributed by atoms with E-state index in [1.165, 1.54) is 50.7 Å². The Morgan fingerprint density at radius 3 is 2.03 bits per heavy atom. The summed E-state index contributed by atoms with van der Waals surface area (Å²) in [5.74, 6) is -0.862. The number of likely N-dealkylation sites (tertiary alicyclic amines) is 1. The maximum atomic E-state index is 13.5. The summed E-state index contributed by atoms with van der Waals surface area (Å²) in [6.07, 6.45) is 10.9. The summed E-state index contributed by atoms with van der Waals surface area (Å²) in [5.41, 5.74) is 1.75. The van der Waals surface area contributed by atoms with Gasteiger partial charge in [-0.3, -0.25) is 4.90 Å². The molecular formula is C28H43F2N3. The number of piperidine rings is 1. The van der Waals surface area contributed by atoms with Gasteiger partial charge in [-0.1, -0.05) is 70.7 Å². The second-order valence-corrected chi connectivity index (χ2v) is 10.1. The molecule has 33 heavy (non-hydrogen) atoms. The number of rotatable bonds is 4. The number of anilines is 1. The van der Waals surface area contributed by atoms with Crippen molar-refractivity contribution in [2.45, 2.75) is 83.6 Å². The fourth-order valence-corrected chi connectivity index (χ4v) is 5.72. The molecule has 2 saturated heterocycles. The zero-order valence-corrected chi connectivity index (χ0v) is 21.2. The largest absolute Gasteiger partial charge is 0.347 e. The number of alkyl halides is 2. The molecule has 1 saturated carbocycles. The molecular weight excluding hydrogens is 416 g/mol. The molecule has 1 aromatic carbocycles. The van der Waals surface area contributed by atoms with Crippen molar-refractivity contribution in [3.05, 3.63) is 54.5 Å². The van der Waals surface area contributed by atoms with Crippen LogP contribution in [0.1, 0.15) is 77.7 Å². The third-order valence-electron chi connectivity index (χ3n) is 7.96. The van der Waals surface area contributed by atoms with Crippen LogP contribution in [0.5, 0.6) is 0 Å². The van der Waals surface area contributed by atoms with Gasteiger partial charge in [0.05, 0.1) is 5.54 Å². The van der Waals surface area contributed by atoms with Gasteiger partial charge in [0, 0.05) is 43.5 Å². The van der Waals surface area contributed by atoms with Crippen LogP contribution in [0.15, 0.2) is 48.9 Å². The van der Waals surface area contributed by atoms with E-state index in [1.54, 1.807) is 12.1 Å². The Bertz CT molecular complexity index is 797. The van der Waals surface area contributed by atoms with Gasteiger partial charge in [-0.25, -0.2) is 8.78 Å². The van der Waals surface area contributed by atoms with Crippen molar-refractivity contribution in [1.29, 1.82) is 0 Å². The average Bonchev–Trinajstić information content (AvgIpc) is 3.01. The normalized spacial score (nSPS) is 22.0. The van der Waals surface area contributed by atoms with Crippen LogP contribution in [0.4, 0.5) is 14.5 Å². The molecule has 0 amide bonds. The highest BCUT2D eigenvalue weighted by Crippen LogP contribution is 2.48. The summed E-state index contributed by atoms with van der Waals surface area (Å²) in [7, 11) is 2.14. The van der Waals surface area contributed by atoms with Crippen LogP contribution in [0.3, 0.4) is 0 Å². The molecule has 2 heterocycles. The SMILES string of the molecule is C=C1N(c2ccc(C(C)(F)F)cc2)C(=C)C2(CCN(C)CC2)N1CC.CCC1CCCCC1. The summed E-state index contributed by atoms with van der Waals surface area (Å²) in [5, 5.41) is 0. The topological polar surface area (TPSA) is 9.72 Å². The fourth-order valence-electron chi connectivity index (χ4n) is 5.72. The molecule has 0 N–H and O–H groups in total. The molecule has 1 aromatic rings. The number of benzene rings is 1. The molecule has 5 heteroatoms. The number of hydrogen-bond acceptors (Lipinski definition) is 3. The molecule has 0 aromatic heterocycles. The predicted octanol–water partition coefficient (Wildman–Crippen LogP) is 7.37. The molecule has 1 spiro atoms. The lowest BCUT2D eigenvalue weighted by atomic mass is 9.84. The van der Waals surface area contributed by atoms with Crippen molar-refractivity contribution in [3.8, 4) is 0 Å². The highest BCUT2D eigenvalue weighted by molar-refractivity contribution is 5.63. The number of nitrogens with zero attached hydrogens (tertiary/aromatic N) is 3. The lowest BCUT2D eigenvalue weighted by molar-refractivity contribution is 0.0175. The Morgan fingerprint density at radius 1 is 1.00 bits per heavy atom. The molecule has 2 aliphatic heterocycles. The van der Waals surface area contributed by atoms with Gasteiger partial charge in [0.25, 0.3) is 5.92 Å². The van der Waals surface area contributed by atoms with E-state index < -0.39 is 5.92 Å². The maximum absolute atomic E-state index is 13.5. The van der Waals surface area contributed by atoms with Gasteiger partial charge in [-0.2, -0.15) is 0 Å². The average molecular weight is 460 g/mol. The molecule has 3 nitrogen and oxygen atoms in total. The Hall–Kier alpha value is -1.88. The number of halogens is 2. The fraction of sp³-hybridized carbons (Fsp3) is 0.643. The van der Waals surface area contributed by atoms with Crippen LogP contribution >= 0.6 is 0 Å². The smallest absolute Gasteiger partial charge is 0.270 e. The first-order chi connectivity index (χ1) is 15.6. The van der Waals surface area contributed by atoms with E-state index in [1.807, 2.05) is 4.90 Å². The van der Waals surface area contributed by atoms with E-state index in [0.717, 1.165) is 62.5 Å². The van der Waals surface area contributed by atoms with Crippen LogP contribution in [0, 0.1) is 5.92 Å². The van der Waals surface area contributed by atoms with E-state index in [2.05, 4.69) is 43.9 Å². The highest BCUT2D eigenvalue weighted by atomic mass is 19.3. The Labute approximate surface area is 200 Å². The first kappa shape index (κ1) is 25.7. The minimum absolute atomic E-state index is 0.0213. The van der Waals surface area contributed by atoms with Crippen molar-refractivity contribution in [1.82, 2.24) is 9.80 Å². The predicted molar refractivity (Wildman–Crippen MR) is 135 cm³/mol.